The van der Waals surface area contributed by atoms with E-state index in [4.69, 9.17) is 4.42 Å². The van der Waals surface area contributed by atoms with E-state index >= 15 is 0 Å². The number of nitrogens with zero attached hydrogens (tertiary/aromatic N) is 1. The number of H-pyrrole nitrogens is 1. The van der Waals surface area contributed by atoms with Gasteiger partial charge in [-0.2, -0.15) is 0 Å². The Hall–Kier alpha value is -2.36. The zero-order valence-electron chi connectivity index (χ0n) is 10.3. The van der Waals surface area contributed by atoms with Crippen molar-refractivity contribution in [2.75, 3.05) is 0 Å². The Kier molecular flexibility index (Phi) is 3.14. The Morgan fingerprint density at radius 2 is 2.16 bits per heavy atom. The quantitative estimate of drug-likeness (QED) is 0.775. The lowest BCUT2D eigenvalue weighted by Gasteiger charge is -2.07. The summed E-state index contributed by atoms with van der Waals surface area (Å²) in [4.78, 5) is 7.25. The van der Waals surface area contributed by atoms with Gasteiger partial charge in [0, 0.05) is 24.4 Å². The van der Waals surface area contributed by atoms with Gasteiger partial charge >= 0.3 is 0 Å². The number of aromatic amines is 1. The highest BCUT2D eigenvalue weighted by Gasteiger charge is 2.09. The third kappa shape index (κ3) is 2.57. The highest BCUT2D eigenvalue weighted by Crippen LogP contribution is 2.26. The van der Waals surface area contributed by atoms with E-state index < -0.39 is 0 Å². The van der Waals surface area contributed by atoms with Gasteiger partial charge in [-0.05, 0) is 36.2 Å². The number of hydrogen-bond donors (Lipinski definition) is 1. The van der Waals surface area contributed by atoms with Crippen LogP contribution in [-0.4, -0.2) is 9.97 Å². The lowest BCUT2D eigenvalue weighted by Crippen LogP contribution is -1.96. The van der Waals surface area contributed by atoms with E-state index in [0.717, 1.165) is 29.8 Å². The summed E-state index contributed by atoms with van der Waals surface area (Å²) in [6.07, 6.45) is 6.69. The van der Waals surface area contributed by atoms with Gasteiger partial charge in [0.05, 0.1) is 6.26 Å². The largest absolute Gasteiger partial charge is 0.464 e. The van der Waals surface area contributed by atoms with Crippen molar-refractivity contribution in [3.05, 3.63) is 66.2 Å². The molecule has 3 nitrogen and oxygen atoms in total. The molecule has 0 radical (unpaired) electrons. The average molecular weight is 256 g/mol. The van der Waals surface area contributed by atoms with E-state index in [1.807, 2.05) is 6.07 Å². The SMILES string of the molecule is Fc1ccc(CCc2ncc[nH]2)c(-c2ccco2)c1. The zero-order chi connectivity index (χ0) is 13.1. The van der Waals surface area contributed by atoms with Crippen molar-refractivity contribution >= 4 is 0 Å². The molecule has 0 aliphatic carbocycles. The van der Waals surface area contributed by atoms with Gasteiger partial charge in [-0.1, -0.05) is 6.07 Å². The molecule has 4 heteroatoms. The molecule has 0 spiro atoms. The van der Waals surface area contributed by atoms with Gasteiger partial charge in [0.1, 0.15) is 17.4 Å². The molecule has 1 aromatic carbocycles. The fourth-order valence-electron chi connectivity index (χ4n) is 2.12. The van der Waals surface area contributed by atoms with Gasteiger partial charge < -0.3 is 9.40 Å². The molecule has 0 atom stereocenters. The third-order valence-corrected chi connectivity index (χ3v) is 3.04. The van der Waals surface area contributed by atoms with Crippen molar-refractivity contribution in [2.24, 2.45) is 0 Å². The van der Waals surface area contributed by atoms with Gasteiger partial charge in [0.15, 0.2) is 0 Å². The lowest BCUT2D eigenvalue weighted by atomic mass is 10.0. The third-order valence-electron chi connectivity index (χ3n) is 3.04. The fraction of sp³-hybridized carbons (Fsp3) is 0.133. The maximum Gasteiger partial charge on any atom is 0.134 e. The second kappa shape index (κ2) is 5.10. The van der Waals surface area contributed by atoms with Gasteiger partial charge in [0.2, 0.25) is 0 Å². The number of aryl methyl sites for hydroxylation is 2. The molecule has 0 bridgehead atoms. The van der Waals surface area contributed by atoms with Crippen molar-refractivity contribution in [2.45, 2.75) is 12.8 Å². The number of imidazole rings is 1. The topological polar surface area (TPSA) is 41.8 Å². The first-order valence-corrected chi connectivity index (χ1v) is 6.13. The predicted octanol–water partition coefficient (Wildman–Crippen LogP) is 3.59. The van der Waals surface area contributed by atoms with Crippen LogP contribution in [0.1, 0.15) is 11.4 Å². The number of benzene rings is 1. The molecule has 0 amide bonds. The number of halogens is 1. The van der Waals surface area contributed by atoms with E-state index in [-0.39, 0.29) is 5.82 Å². The maximum atomic E-state index is 13.4. The number of hydrogen-bond acceptors (Lipinski definition) is 2. The van der Waals surface area contributed by atoms with Gasteiger partial charge in [0.25, 0.3) is 0 Å². The molecule has 0 saturated carbocycles. The standard InChI is InChI=1S/C15H13FN2O/c16-12-5-3-11(4-6-15-17-7-8-18-15)13(10-12)14-2-1-9-19-14/h1-3,5,7-10H,4,6H2,(H,17,18). The van der Waals surface area contributed by atoms with Crippen LogP contribution in [0.2, 0.25) is 0 Å². The Balaban J connectivity index is 1.88. The van der Waals surface area contributed by atoms with Crippen molar-refractivity contribution in [1.29, 1.82) is 0 Å². The highest BCUT2D eigenvalue weighted by atomic mass is 19.1. The minimum Gasteiger partial charge on any atom is -0.464 e. The van der Waals surface area contributed by atoms with Crippen LogP contribution in [0.25, 0.3) is 11.3 Å². The average Bonchev–Trinajstić information content (AvgIpc) is 3.10. The van der Waals surface area contributed by atoms with E-state index in [2.05, 4.69) is 9.97 Å². The molecule has 0 aliphatic heterocycles. The smallest absolute Gasteiger partial charge is 0.134 e. The van der Waals surface area contributed by atoms with Crippen LogP contribution in [0.3, 0.4) is 0 Å². The Bertz CT molecular complexity index is 645. The van der Waals surface area contributed by atoms with Crippen LogP contribution in [-0.2, 0) is 12.8 Å². The summed E-state index contributed by atoms with van der Waals surface area (Å²) >= 11 is 0. The molecule has 2 aromatic heterocycles. The van der Waals surface area contributed by atoms with Crippen LogP contribution in [0.5, 0.6) is 0 Å². The normalized spacial score (nSPS) is 10.8. The number of furan rings is 1. The fourth-order valence-corrected chi connectivity index (χ4v) is 2.12. The van der Waals surface area contributed by atoms with E-state index in [1.165, 1.54) is 12.1 Å². The second-order valence-electron chi connectivity index (χ2n) is 4.31. The van der Waals surface area contributed by atoms with Crippen LogP contribution >= 0.6 is 0 Å². The second-order valence-corrected chi connectivity index (χ2v) is 4.31. The van der Waals surface area contributed by atoms with Gasteiger partial charge in [-0.15, -0.1) is 0 Å². The molecule has 0 aliphatic rings. The minimum absolute atomic E-state index is 0.256. The lowest BCUT2D eigenvalue weighted by molar-refractivity contribution is 0.579. The summed E-state index contributed by atoms with van der Waals surface area (Å²) in [6.45, 7) is 0. The minimum atomic E-state index is -0.256. The van der Waals surface area contributed by atoms with Gasteiger partial charge in [-0.25, -0.2) is 9.37 Å². The summed E-state index contributed by atoms with van der Waals surface area (Å²) in [5.41, 5.74) is 1.85. The van der Waals surface area contributed by atoms with E-state index in [1.54, 1.807) is 30.8 Å². The predicted molar refractivity (Wildman–Crippen MR) is 70.1 cm³/mol. The zero-order valence-corrected chi connectivity index (χ0v) is 10.3. The number of aromatic nitrogens is 2. The van der Waals surface area contributed by atoms with Crippen molar-refractivity contribution in [3.63, 3.8) is 0 Å². The molecule has 19 heavy (non-hydrogen) atoms. The van der Waals surface area contributed by atoms with Gasteiger partial charge in [-0.3, -0.25) is 0 Å². The Morgan fingerprint density at radius 1 is 1.21 bits per heavy atom. The monoisotopic (exact) mass is 256 g/mol. The summed E-state index contributed by atoms with van der Waals surface area (Å²) in [6, 6.07) is 8.43. The first-order valence-electron chi connectivity index (χ1n) is 6.13. The molecule has 0 unspecified atom stereocenters. The first-order chi connectivity index (χ1) is 9.33. The molecule has 1 N–H and O–H groups in total. The van der Waals surface area contributed by atoms with Crippen LogP contribution in [0.4, 0.5) is 4.39 Å². The summed E-state index contributed by atoms with van der Waals surface area (Å²) in [7, 11) is 0. The van der Waals surface area contributed by atoms with Crippen molar-refractivity contribution in [3.8, 4) is 11.3 Å². The summed E-state index contributed by atoms with van der Waals surface area (Å²) in [5.74, 6) is 1.36. The van der Waals surface area contributed by atoms with Crippen LogP contribution in [0.15, 0.2) is 53.4 Å². The molecular weight excluding hydrogens is 243 g/mol. The molecule has 3 rings (SSSR count). The highest BCUT2D eigenvalue weighted by molar-refractivity contribution is 5.62. The molecule has 3 aromatic rings. The molecule has 96 valence electrons. The molecule has 2 heterocycles. The number of nitrogens with one attached hydrogen (secondary N) is 1. The molecular formula is C15H13FN2O. The molecule has 0 fully saturated rings. The van der Waals surface area contributed by atoms with Crippen molar-refractivity contribution in [1.82, 2.24) is 9.97 Å². The molecule has 0 saturated heterocycles. The van der Waals surface area contributed by atoms with E-state index in [0.29, 0.717) is 5.76 Å². The summed E-state index contributed by atoms with van der Waals surface area (Å²) < 4.78 is 18.8. The van der Waals surface area contributed by atoms with E-state index in [9.17, 15) is 4.39 Å². The maximum absolute atomic E-state index is 13.4. The van der Waals surface area contributed by atoms with Crippen molar-refractivity contribution < 1.29 is 8.81 Å². The Morgan fingerprint density at radius 3 is 2.89 bits per heavy atom. The van der Waals surface area contributed by atoms with Crippen LogP contribution in [0, 0.1) is 5.82 Å². The number of rotatable bonds is 4. The van der Waals surface area contributed by atoms with Crippen LogP contribution < -0.4 is 0 Å². The first kappa shape index (κ1) is 11.7. The Labute approximate surface area is 110 Å². The summed E-state index contributed by atoms with van der Waals surface area (Å²) in [5, 5.41) is 0.